The highest BCUT2D eigenvalue weighted by Gasteiger charge is 2.10. The monoisotopic (exact) mass is 268 g/mol. The molecule has 0 atom stereocenters. The first kappa shape index (κ1) is 13.1. The molecule has 20 heavy (non-hydrogen) atoms. The third-order valence-electron chi connectivity index (χ3n) is 3.61. The van der Waals surface area contributed by atoms with Gasteiger partial charge in [0.2, 0.25) is 0 Å². The molecule has 0 radical (unpaired) electrons. The molecule has 1 aliphatic rings. The third kappa shape index (κ3) is 2.80. The first-order chi connectivity index (χ1) is 9.72. The normalized spacial score (nSPS) is 15.4. The molecule has 4 heteroatoms. The number of piperazine rings is 1. The number of rotatable bonds is 2. The van der Waals surface area contributed by atoms with Crippen molar-refractivity contribution in [3.05, 3.63) is 41.9 Å². The highest BCUT2D eigenvalue weighted by molar-refractivity contribution is 5.63. The third-order valence-corrected chi connectivity index (χ3v) is 3.61. The van der Waals surface area contributed by atoms with Crippen LogP contribution in [0.1, 0.15) is 11.5 Å². The summed E-state index contributed by atoms with van der Waals surface area (Å²) in [7, 11) is 0. The number of anilines is 1. The fourth-order valence-corrected chi connectivity index (χ4v) is 2.63. The first-order valence-electron chi connectivity index (χ1n) is 7.11. The molecule has 2 aromatic rings. The van der Waals surface area contributed by atoms with Crippen molar-refractivity contribution in [2.45, 2.75) is 13.8 Å². The van der Waals surface area contributed by atoms with Crippen molar-refractivity contribution in [1.82, 2.24) is 15.3 Å². The van der Waals surface area contributed by atoms with E-state index in [1.54, 1.807) is 0 Å². The van der Waals surface area contributed by atoms with E-state index in [2.05, 4.69) is 44.5 Å². The smallest absolute Gasteiger partial charge is 0.126 e. The SMILES string of the molecule is Cc1cc(-c2ccc(N3CCNCC3)cc2)nc(C)n1. The molecule has 0 spiro atoms. The topological polar surface area (TPSA) is 41.0 Å². The second-order valence-corrected chi connectivity index (χ2v) is 5.23. The van der Waals surface area contributed by atoms with E-state index in [1.807, 2.05) is 19.9 Å². The molecule has 1 N–H and O–H groups in total. The zero-order chi connectivity index (χ0) is 13.9. The van der Waals surface area contributed by atoms with E-state index < -0.39 is 0 Å². The largest absolute Gasteiger partial charge is 0.369 e. The van der Waals surface area contributed by atoms with Gasteiger partial charge in [-0.2, -0.15) is 0 Å². The molecule has 1 aromatic heterocycles. The van der Waals surface area contributed by atoms with Crippen LogP contribution in [-0.2, 0) is 0 Å². The molecule has 1 aromatic carbocycles. The van der Waals surface area contributed by atoms with E-state index in [9.17, 15) is 0 Å². The van der Waals surface area contributed by atoms with E-state index in [0.29, 0.717) is 0 Å². The van der Waals surface area contributed by atoms with Crippen LogP contribution in [0, 0.1) is 13.8 Å². The van der Waals surface area contributed by atoms with Gasteiger partial charge in [-0.25, -0.2) is 9.97 Å². The highest BCUT2D eigenvalue weighted by atomic mass is 15.2. The lowest BCUT2D eigenvalue weighted by Gasteiger charge is -2.29. The minimum atomic E-state index is 0.825. The average Bonchev–Trinajstić information content (AvgIpc) is 2.47. The summed E-state index contributed by atoms with van der Waals surface area (Å²) in [5.41, 5.74) is 4.45. The fraction of sp³-hybridized carbons (Fsp3) is 0.375. The Morgan fingerprint density at radius 2 is 1.70 bits per heavy atom. The van der Waals surface area contributed by atoms with E-state index in [1.165, 1.54) is 5.69 Å². The Morgan fingerprint density at radius 1 is 1.00 bits per heavy atom. The molecular formula is C16H20N4. The summed E-state index contributed by atoms with van der Waals surface area (Å²) in [6.45, 7) is 8.22. The van der Waals surface area contributed by atoms with Gasteiger partial charge in [-0.05, 0) is 32.0 Å². The van der Waals surface area contributed by atoms with Crippen LogP contribution in [0.25, 0.3) is 11.3 Å². The summed E-state index contributed by atoms with van der Waals surface area (Å²) >= 11 is 0. The van der Waals surface area contributed by atoms with Crippen LogP contribution < -0.4 is 10.2 Å². The predicted octanol–water partition coefficient (Wildman–Crippen LogP) is 2.17. The Kier molecular flexibility index (Phi) is 3.65. The predicted molar refractivity (Wildman–Crippen MR) is 82.0 cm³/mol. The minimum Gasteiger partial charge on any atom is -0.369 e. The van der Waals surface area contributed by atoms with Crippen LogP contribution in [0.3, 0.4) is 0 Å². The second kappa shape index (κ2) is 5.59. The molecule has 1 saturated heterocycles. The molecule has 2 heterocycles. The number of hydrogen-bond acceptors (Lipinski definition) is 4. The number of nitrogens with zero attached hydrogens (tertiary/aromatic N) is 3. The second-order valence-electron chi connectivity index (χ2n) is 5.23. The fourth-order valence-electron chi connectivity index (χ4n) is 2.63. The van der Waals surface area contributed by atoms with E-state index in [-0.39, 0.29) is 0 Å². The van der Waals surface area contributed by atoms with Gasteiger partial charge in [0.05, 0.1) is 5.69 Å². The van der Waals surface area contributed by atoms with Crippen LogP contribution in [-0.4, -0.2) is 36.1 Å². The molecule has 1 fully saturated rings. The van der Waals surface area contributed by atoms with Gasteiger partial charge in [0.15, 0.2) is 0 Å². The minimum absolute atomic E-state index is 0.825. The molecule has 1 aliphatic heterocycles. The lowest BCUT2D eigenvalue weighted by atomic mass is 10.1. The summed E-state index contributed by atoms with van der Waals surface area (Å²) in [6, 6.07) is 10.7. The van der Waals surface area contributed by atoms with Gasteiger partial charge in [-0.3, -0.25) is 0 Å². The molecule has 4 nitrogen and oxygen atoms in total. The zero-order valence-electron chi connectivity index (χ0n) is 12.1. The molecule has 0 bridgehead atoms. The van der Waals surface area contributed by atoms with Crippen molar-refractivity contribution in [1.29, 1.82) is 0 Å². The van der Waals surface area contributed by atoms with Gasteiger partial charge in [0.1, 0.15) is 5.82 Å². The Morgan fingerprint density at radius 3 is 2.35 bits per heavy atom. The maximum absolute atomic E-state index is 4.51. The quantitative estimate of drug-likeness (QED) is 0.906. The van der Waals surface area contributed by atoms with Crippen LogP contribution in [0.5, 0.6) is 0 Å². The molecular weight excluding hydrogens is 248 g/mol. The van der Waals surface area contributed by atoms with Crippen LogP contribution in [0.2, 0.25) is 0 Å². The van der Waals surface area contributed by atoms with Gasteiger partial charge >= 0.3 is 0 Å². The Hall–Kier alpha value is -1.94. The summed E-state index contributed by atoms with van der Waals surface area (Å²) in [5.74, 6) is 0.825. The number of aromatic nitrogens is 2. The summed E-state index contributed by atoms with van der Waals surface area (Å²) in [5, 5.41) is 3.38. The van der Waals surface area contributed by atoms with Crippen molar-refractivity contribution in [3.8, 4) is 11.3 Å². The van der Waals surface area contributed by atoms with Crippen LogP contribution in [0.4, 0.5) is 5.69 Å². The summed E-state index contributed by atoms with van der Waals surface area (Å²) in [4.78, 5) is 11.2. The number of hydrogen-bond donors (Lipinski definition) is 1. The van der Waals surface area contributed by atoms with Gasteiger partial charge in [0, 0.05) is 43.1 Å². The Balaban J connectivity index is 1.85. The molecule has 3 rings (SSSR count). The van der Waals surface area contributed by atoms with Crippen molar-refractivity contribution in [2.24, 2.45) is 0 Å². The highest BCUT2D eigenvalue weighted by Crippen LogP contribution is 2.22. The van der Waals surface area contributed by atoms with Gasteiger partial charge in [-0.1, -0.05) is 12.1 Å². The van der Waals surface area contributed by atoms with E-state index in [0.717, 1.165) is 49.0 Å². The summed E-state index contributed by atoms with van der Waals surface area (Å²) < 4.78 is 0. The van der Waals surface area contributed by atoms with E-state index in [4.69, 9.17) is 0 Å². The van der Waals surface area contributed by atoms with Crippen molar-refractivity contribution in [3.63, 3.8) is 0 Å². The van der Waals surface area contributed by atoms with Gasteiger partial charge < -0.3 is 10.2 Å². The molecule has 0 amide bonds. The molecule has 0 saturated carbocycles. The molecule has 0 aliphatic carbocycles. The molecule has 0 unspecified atom stereocenters. The molecule has 104 valence electrons. The summed E-state index contributed by atoms with van der Waals surface area (Å²) in [6.07, 6.45) is 0. The van der Waals surface area contributed by atoms with Gasteiger partial charge in [-0.15, -0.1) is 0 Å². The van der Waals surface area contributed by atoms with Crippen molar-refractivity contribution >= 4 is 5.69 Å². The standard InChI is InChI=1S/C16H20N4/c1-12-11-16(19-13(2)18-12)14-3-5-15(6-4-14)20-9-7-17-8-10-20/h3-6,11,17H,7-10H2,1-2H3. The Labute approximate surface area is 119 Å². The maximum atomic E-state index is 4.51. The van der Waals surface area contributed by atoms with Crippen LogP contribution in [0.15, 0.2) is 30.3 Å². The zero-order valence-corrected chi connectivity index (χ0v) is 12.1. The number of nitrogens with one attached hydrogen (secondary N) is 1. The van der Waals surface area contributed by atoms with Crippen LogP contribution >= 0.6 is 0 Å². The number of benzene rings is 1. The maximum Gasteiger partial charge on any atom is 0.126 e. The van der Waals surface area contributed by atoms with Crippen molar-refractivity contribution in [2.75, 3.05) is 31.1 Å². The Bertz CT molecular complexity index is 566. The lowest BCUT2D eigenvalue weighted by molar-refractivity contribution is 0.589. The van der Waals surface area contributed by atoms with Gasteiger partial charge in [0.25, 0.3) is 0 Å². The van der Waals surface area contributed by atoms with E-state index >= 15 is 0 Å². The number of aryl methyl sites for hydroxylation is 2. The average molecular weight is 268 g/mol. The van der Waals surface area contributed by atoms with Crippen molar-refractivity contribution < 1.29 is 0 Å². The lowest BCUT2D eigenvalue weighted by Crippen LogP contribution is -2.43. The first-order valence-corrected chi connectivity index (χ1v) is 7.11.